The summed E-state index contributed by atoms with van der Waals surface area (Å²) in [4.78, 5) is 5.70. The van der Waals surface area contributed by atoms with Gasteiger partial charge in [-0.3, -0.25) is 0 Å². The number of hydrogen-bond acceptors (Lipinski definition) is 5. The normalized spacial score (nSPS) is 12.9. The molecular formula is C13H19N3OS. The Hall–Kier alpha value is -1.20. The minimum atomic E-state index is -0.417. The van der Waals surface area contributed by atoms with Crippen molar-refractivity contribution in [3.05, 3.63) is 34.1 Å². The van der Waals surface area contributed by atoms with Crippen molar-refractivity contribution in [1.29, 1.82) is 0 Å². The van der Waals surface area contributed by atoms with E-state index in [4.69, 9.17) is 10.3 Å². The van der Waals surface area contributed by atoms with Crippen molar-refractivity contribution in [2.75, 3.05) is 0 Å². The monoisotopic (exact) mass is 265 g/mol. The lowest BCUT2D eigenvalue weighted by molar-refractivity contribution is 0.222. The quantitative estimate of drug-likeness (QED) is 0.923. The average Bonchev–Trinajstić information content (AvgIpc) is 2.87. The predicted octanol–water partition coefficient (Wildman–Crippen LogP) is 2.74. The third kappa shape index (κ3) is 2.47. The summed E-state index contributed by atoms with van der Waals surface area (Å²) in [6.45, 7) is 7.98. The van der Waals surface area contributed by atoms with E-state index in [1.165, 1.54) is 4.88 Å². The third-order valence-corrected chi connectivity index (χ3v) is 4.40. The topological polar surface area (TPSA) is 64.9 Å². The smallest absolute Gasteiger partial charge is 0.234 e. The summed E-state index contributed by atoms with van der Waals surface area (Å²) in [7, 11) is 0. The Kier molecular flexibility index (Phi) is 3.29. The first-order chi connectivity index (χ1) is 8.30. The van der Waals surface area contributed by atoms with Gasteiger partial charge in [0, 0.05) is 16.8 Å². The second kappa shape index (κ2) is 4.48. The molecule has 0 saturated carbocycles. The molecule has 2 N–H and O–H groups in total. The standard InChI is InChI=1S/C13H19N3OS/c1-12(2,13(3,4)14)11-15-10(16-17-11)8-9-6-5-7-18-9/h5-7H,8,14H2,1-4H3. The molecule has 0 saturated heterocycles. The highest BCUT2D eigenvalue weighted by Gasteiger charge is 2.40. The fourth-order valence-electron chi connectivity index (χ4n) is 1.42. The van der Waals surface area contributed by atoms with Crippen molar-refractivity contribution in [3.8, 4) is 0 Å². The summed E-state index contributed by atoms with van der Waals surface area (Å²) >= 11 is 1.69. The lowest BCUT2D eigenvalue weighted by Crippen LogP contribution is -2.50. The molecule has 0 aliphatic rings. The molecule has 0 spiro atoms. The maximum absolute atomic E-state index is 6.16. The molecule has 4 nitrogen and oxygen atoms in total. The summed E-state index contributed by atoms with van der Waals surface area (Å²) in [6.07, 6.45) is 0.711. The van der Waals surface area contributed by atoms with Crippen LogP contribution < -0.4 is 5.73 Å². The van der Waals surface area contributed by atoms with E-state index >= 15 is 0 Å². The van der Waals surface area contributed by atoms with Crippen molar-refractivity contribution < 1.29 is 4.52 Å². The molecule has 0 amide bonds. The van der Waals surface area contributed by atoms with Crippen LogP contribution in [-0.4, -0.2) is 15.7 Å². The van der Waals surface area contributed by atoms with E-state index in [0.29, 0.717) is 18.1 Å². The van der Waals surface area contributed by atoms with E-state index in [9.17, 15) is 0 Å². The molecule has 0 aliphatic carbocycles. The van der Waals surface area contributed by atoms with Crippen LogP contribution in [0, 0.1) is 0 Å². The van der Waals surface area contributed by atoms with E-state index in [1.807, 2.05) is 39.1 Å². The van der Waals surface area contributed by atoms with Crippen LogP contribution in [0.4, 0.5) is 0 Å². The summed E-state index contributed by atoms with van der Waals surface area (Å²) in [5.41, 5.74) is 5.39. The van der Waals surface area contributed by atoms with Crippen LogP contribution in [0.1, 0.15) is 44.3 Å². The zero-order valence-electron chi connectivity index (χ0n) is 11.2. The number of thiophene rings is 1. The van der Waals surface area contributed by atoms with Crippen LogP contribution in [0.2, 0.25) is 0 Å². The van der Waals surface area contributed by atoms with E-state index in [2.05, 4.69) is 16.2 Å². The Morgan fingerprint density at radius 2 is 2.06 bits per heavy atom. The highest BCUT2D eigenvalue weighted by molar-refractivity contribution is 7.09. The van der Waals surface area contributed by atoms with Gasteiger partial charge in [0.15, 0.2) is 5.82 Å². The molecule has 0 aliphatic heterocycles. The highest BCUT2D eigenvalue weighted by Crippen LogP contribution is 2.31. The first-order valence-electron chi connectivity index (χ1n) is 5.95. The van der Waals surface area contributed by atoms with E-state index in [1.54, 1.807) is 11.3 Å². The first kappa shape index (κ1) is 13.2. The molecule has 18 heavy (non-hydrogen) atoms. The Labute approximate surface area is 111 Å². The van der Waals surface area contributed by atoms with Gasteiger partial charge in [-0.15, -0.1) is 11.3 Å². The molecule has 5 heteroatoms. The van der Waals surface area contributed by atoms with Crippen LogP contribution in [-0.2, 0) is 11.8 Å². The van der Waals surface area contributed by atoms with E-state index < -0.39 is 5.54 Å². The second-order valence-electron chi connectivity index (χ2n) is 5.62. The minimum absolute atomic E-state index is 0.353. The van der Waals surface area contributed by atoms with Gasteiger partial charge in [-0.25, -0.2) is 0 Å². The van der Waals surface area contributed by atoms with Gasteiger partial charge in [-0.1, -0.05) is 11.2 Å². The van der Waals surface area contributed by atoms with Crippen molar-refractivity contribution in [1.82, 2.24) is 10.1 Å². The maximum atomic E-state index is 6.16. The molecule has 0 unspecified atom stereocenters. The van der Waals surface area contributed by atoms with Crippen LogP contribution >= 0.6 is 11.3 Å². The number of rotatable bonds is 4. The average molecular weight is 265 g/mol. The fraction of sp³-hybridized carbons (Fsp3) is 0.538. The van der Waals surface area contributed by atoms with Gasteiger partial charge in [0.25, 0.3) is 0 Å². The summed E-state index contributed by atoms with van der Waals surface area (Å²) in [6, 6.07) is 4.09. The Morgan fingerprint density at radius 3 is 2.61 bits per heavy atom. The van der Waals surface area contributed by atoms with Gasteiger partial charge in [0.2, 0.25) is 5.89 Å². The molecule has 98 valence electrons. The van der Waals surface area contributed by atoms with Gasteiger partial charge in [-0.2, -0.15) is 4.98 Å². The van der Waals surface area contributed by atoms with Gasteiger partial charge < -0.3 is 10.3 Å². The Morgan fingerprint density at radius 1 is 1.33 bits per heavy atom. The molecule has 0 atom stereocenters. The molecule has 2 aromatic rings. The second-order valence-corrected chi connectivity index (χ2v) is 6.65. The van der Waals surface area contributed by atoms with Crippen LogP contribution in [0.25, 0.3) is 0 Å². The SMILES string of the molecule is CC(C)(N)C(C)(C)c1nc(Cc2cccs2)no1. The van der Waals surface area contributed by atoms with Crippen molar-refractivity contribution >= 4 is 11.3 Å². The van der Waals surface area contributed by atoms with Crippen LogP contribution in [0.5, 0.6) is 0 Å². The highest BCUT2D eigenvalue weighted by atomic mass is 32.1. The molecular weight excluding hydrogens is 246 g/mol. The molecule has 0 radical (unpaired) electrons. The summed E-state index contributed by atoms with van der Waals surface area (Å²) in [5.74, 6) is 1.31. The maximum Gasteiger partial charge on any atom is 0.234 e. The minimum Gasteiger partial charge on any atom is -0.339 e. The molecule has 0 fully saturated rings. The number of nitrogens with two attached hydrogens (primary N) is 1. The van der Waals surface area contributed by atoms with Crippen LogP contribution in [0.3, 0.4) is 0 Å². The molecule has 2 heterocycles. The van der Waals surface area contributed by atoms with Crippen LogP contribution in [0.15, 0.2) is 22.0 Å². The summed E-state index contributed by atoms with van der Waals surface area (Å²) < 4.78 is 5.37. The van der Waals surface area contributed by atoms with E-state index in [0.717, 1.165) is 0 Å². The zero-order valence-corrected chi connectivity index (χ0v) is 12.0. The predicted molar refractivity (Wildman–Crippen MR) is 72.7 cm³/mol. The van der Waals surface area contributed by atoms with Gasteiger partial charge >= 0.3 is 0 Å². The van der Waals surface area contributed by atoms with Crippen molar-refractivity contribution in [2.24, 2.45) is 5.73 Å². The van der Waals surface area contributed by atoms with Gasteiger partial charge in [-0.05, 0) is 39.1 Å². The number of nitrogens with zero attached hydrogens (tertiary/aromatic N) is 2. The molecule has 0 bridgehead atoms. The molecule has 2 rings (SSSR count). The van der Waals surface area contributed by atoms with Gasteiger partial charge in [0.05, 0.1) is 5.41 Å². The van der Waals surface area contributed by atoms with Crippen molar-refractivity contribution in [2.45, 2.75) is 45.1 Å². The Balaban J connectivity index is 2.20. The summed E-state index contributed by atoms with van der Waals surface area (Å²) in [5, 5.41) is 6.08. The first-order valence-corrected chi connectivity index (χ1v) is 6.83. The Bertz CT molecular complexity index is 509. The largest absolute Gasteiger partial charge is 0.339 e. The fourth-order valence-corrected chi connectivity index (χ4v) is 2.13. The third-order valence-electron chi connectivity index (χ3n) is 3.53. The number of hydrogen-bond donors (Lipinski definition) is 1. The lowest BCUT2D eigenvalue weighted by Gasteiger charge is -2.34. The van der Waals surface area contributed by atoms with Crippen molar-refractivity contribution in [3.63, 3.8) is 0 Å². The lowest BCUT2D eigenvalue weighted by atomic mass is 9.75. The van der Waals surface area contributed by atoms with Gasteiger partial charge in [0.1, 0.15) is 0 Å². The van der Waals surface area contributed by atoms with E-state index in [-0.39, 0.29) is 5.41 Å². The number of aromatic nitrogens is 2. The molecule has 2 aromatic heterocycles. The molecule has 0 aromatic carbocycles. The zero-order chi connectivity index (χ0) is 13.4.